The highest BCUT2D eigenvalue weighted by Gasteiger charge is 2.32. The van der Waals surface area contributed by atoms with Crippen LogP contribution in [0.3, 0.4) is 0 Å². The topological polar surface area (TPSA) is 58.7 Å². The summed E-state index contributed by atoms with van der Waals surface area (Å²) >= 11 is 0. The zero-order chi connectivity index (χ0) is 16.9. The number of hydrogen-bond acceptors (Lipinski definition) is 4. The summed E-state index contributed by atoms with van der Waals surface area (Å²) in [4.78, 5) is 1.89. The normalized spacial score (nSPS) is 15.0. The molecule has 3 N–H and O–H groups in total. The highest BCUT2D eigenvalue weighted by molar-refractivity contribution is 5.40. The maximum absolute atomic E-state index is 12.8. The maximum Gasteiger partial charge on any atom is 0.416 e. The largest absolute Gasteiger partial charge is 0.493 e. The Bertz CT molecular complexity index is 478. The molecule has 0 aromatic heterocycles. The van der Waals surface area contributed by atoms with E-state index < -0.39 is 23.9 Å². The minimum absolute atomic E-state index is 0.0722. The molecular weight excluding hydrogens is 297 g/mol. The summed E-state index contributed by atoms with van der Waals surface area (Å²) in [6.07, 6.45) is -5.24. The average molecular weight is 320 g/mol. The van der Waals surface area contributed by atoms with Crippen molar-refractivity contribution in [3.63, 3.8) is 0 Å². The van der Waals surface area contributed by atoms with Gasteiger partial charge in [0.05, 0.1) is 18.3 Å². The van der Waals surface area contributed by atoms with Crippen LogP contribution in [0.5, 0.6) is 5.75 Å². The molecule has 0 fully saturated rings. The average Bonchev–Trinajstić information content (AvgIpc) is 2.43. The number of aliphatic hydroxyl groups excluding tert-OH is 1. The Morgan fingerprint density at radius 1 is 1.32 bits per heavy atom. The van der Waals surface area contributed by atoms with E-state index in [2.05, 4.69) is 0 Å². The summed E-state index contributed by atoms with van der Waals surface area (Å²) in [5, 5.41) is 10.3. The molecule has 0 aliphatic carbocycles. The van der Waals surface area contributed by atoms with Crippen molar-refractivity contribution in [2.24, 2.45) is 5.73 Å². The zero-order valence-electron chi connectivity index (χ0n) is 13.0. The van der Waals surface area contributed by atoms with Crippen molar-refractivity contribution in [2.45, 2.75) is 31.7 Å². The number of rotatable bonds is 7. The fourth-order valence-corrected chi connectivity index (χ4v) is 2.04. The standard InChI is InChI=1S/C15H23F3N2O2/c1-4-22-13-6-5-10(15(16,17)18)9-11(13)14(21)12(19)7-8-20(2)3/h5-6,9,12,14,21H,4,7-8,19H2,1-3H3. The summed E-state index contributed by atoms with van der Waals surface area (Å²) < 4.78 is 43.8. The Morgan fingerprint density at radius 2 is 1.95 bits per heavy atom. The molecule has 1 aromatic rings. The maximum atomic E-state index is 12.8. The van der Waals surface area contributed by atoms with Gasteiger partial charge in [0.25, 0.3) is 0 Å². The molecule has 22 heavy (non-hydrogen) atoms. The third-order valence-electron chi connectivity index (χ3n) is 3.27. The number of aliphatic hydroxyl groups is 1. The molecule has 2 atom stereocenters. The van der Waals surface area contributed by atoms with Gasteiger partial charge in [-0.05, 0) is 52.2 Å². The van der Waals surface area contributed by atoms with Crippen molar-refractivity contribution < 1.29 is 23.0 Å². The number of hydrogen-bond donors (Lipinski definition) is 2. The first-order chi connectivity index (χ1) is 10.2. The Labute approximate surface area is 128 Å². The Kier molecular flexibility index (Phi) is 6.65. The molecule has 126 valence electrons. The van der Waals surface area contributed by atoms with Gasteiger partial charge < -0.3 is 20.5 Å². The molecule has 0 aliphatic heterocycles. The zero-order valence-corrected chi connectivity index (χ0v) is 13.0. The lowest BCUT2D eigenvalue weighted by molar-refractivity contribution is -0.137. The van der Waals surface area contributed by atoms with Gasteiger partial charge in [0.2, 0.25) is 0 Å². The summed E-state index contributed by atoms with van der Waals surface area (Å²) in [5.74, 6) is 0.225. The molecule has 0 aliphatic rings. The summed E-state index contributed by atoms with van der Waals surface area (Å²) in [6.45, 7) is 2.64. The first-order valence-corrected chi connectivity index (χ1v) is 7.09. The number of benzene rings is 1. The number of nitrogens with two attached hydrogens (primary N) is 1. The van der Waals surface area contributed by atoms with Gasteiger partial charge in [-0.1, -0.05) is 0 Å². The monoisotopic (exact) mass is 320 g/mol. The first kappa shape index (κ1) is 18.7. The molecule has 1 aromatic carbocycles. The van der Waals surface area contributed by atoms with Crippen LogP contribution >= 0.6 is 0 Å². The fourth-order valence-electron chi connectivity index (χ4n) is 2.04. The van der Waals surface area contributed by atoms with E-state index in [0.29, 0.717) is 13.0 Å². The van der Waals surface area contributed by atoms with Crippen LogP contribution in [0.1, 0.15) is 30.6 Å². The predicted octanol–water partition coefficient (Wildman–Crippen LogP) is 2.42. The SMILES string of the molecule is CCOc1ccc(C(F)(F)F)cc1C(O)C(N)CCN(C)C. The van der Waals surface area contributed by atoms with Gasteiger partial charge in [-0.15, -0.1) is 0 Å². The van der Waals surface area contributed by atoms with E-state index in [4.69, 9.17) is 10.5 Å². The third-order valence-corrected chi connectivity index (χ3v) is 3.27. The van der Waals surface area contributed by atoms with E-state index in [1.807, 2.05) is 19.0 Å². The van der Waals surface area contributed by atoms with Crippen LogP contribution in [-0.4, -0.2) is 43.3 Å². The molecule has 0 radical (unpaired) electrons. The number of alkyl halides is 3. The minimum atomic E-state index is -4.48. The van der Waals surface area contributed by atoms with Crippen LogP contribution in [-0.2, 0) is 6.18 Å². The molecule has 4 nitrogen and oxygen atoms in total. The Hall–Kier alpha value is -1.31. The van der Waals surface area contributed by atoms with Gasteiger partial charge in [0, 0.05) is 11.6 Å². The molecular formula is C15H23F3N2O2. The minimum Gasteiger partial charge on any atom is -0.493 e. The van der Waals surface area contributed by atoms with Gasteiger partial charge in [0.1, 0.15) is 5.75 Å². The predicted molar refractivity (Wildman–Crippen MR) is 78.7 cm³/mol. The summed E-state index contributed by atoms with van der Waals surface area (Å²) in [7, 11) is 3.71. The lowest BCUT2D eigenvalue weighted by Gasteiger charge is -2.23. The lowest BCUT2D eigenvalue weighted by atomic mass is 9.97. The second kappa shape index (κ2) is 7.80. The van der Waals surface area contributed by atoms with Gasteiger partial charge in [-0.2, -0.15) is 13.2 Å². The van der Waals surface area contributed by atoms with E-state index >= 15 is 0 Å². The van der Waals surface area contributed by atoms with Gasteiger partial charge in [-0.25, -0.2) is 0 Å². The van der Waals surface area contributed by atoms with Crippen LogP contribution in [0.2, 0.25) is 0 Å². The van der Waals surface area contributed by atoms with E-state index in [9.17, 15) is 18.3 Å². The second-order valence-electron chi connectivity index (χ2n) is 5.38. The number of nitrogens with zero attached hydrogens (tertiary/aromatic N) is 1. The lowest BCUT2D eigenvalue weighted by Crippen LogP contribution is -2.32. The van der Waals surface area contributed by atoms with Gasteiger partial charge in [0.15, 0.2) is 0 Å². The number of ether oxygens (including phenoxy) is 1. The molecule has 0 heterocycles. The van der Waals surface area contributed by atoms with Crippen LogP contribution < -0.4 is 10.5 Å². The summed E-state index contributed by atoms with van der Waals surface area (Å²) in [5.41, 5.74) is 5.15. The van der Waals surface area contributed by atoms with Gasteiger partial charge in [-0.3, -0.25) is 0 Å². The van der Waals surface area contributed by atoms with Crippen molar-refractivity contribution in [3.05, 3.63) is 29.3 Å². The van der Waals surface area contributed by atoms with Crippen molar-refractivity contribution in [3.8, 4) is 5.75 Å². The number of halogens is 3. The van der Waals surface area contributed by atoms with Crippen LogP contribution in [0, 0.1) is 0 Å². The van der Waals surface area contributed by atoms with Crippen LogP contribution in [0.25, 0.3) is 0 Å². The molecule has 0 saturated heterocycles. The van der Waals surface area contributed by atoms with Gasteiger partial charge >= 0.3 is 6.18 Å². The highest BCUT2D eigenvalue weighted by atomic mass is 19.4. The summed E-state index contributed by atoms with van der Waals surface area (Å²) in [6, 6.07) is 2.39. The molecule has 0 saturated carbocycles. The highest BCUT2D eigenvalue weighted by Crippen LogP contribution is 2.35. The van der Waals surface area contributed by atoms with Crippen LogP contribution in [0.15, 0.2) is 18.2 Å². The third kappa shape index (κ3) is 5.15. The molecule has 2 unspecified atom stereocenters. The second-order valence-corrected chi connectivity index (χ2v) is 5.38. The molecule has 1 rings (SSSR count). The van der Waals surface area contributed by atoms with Crippen molar-refractivity contribution in [1.82, 2.24) is 4.90 Å². The Morgan fingerprint density at radius 3 is 2.45 bits per heavy atom. The fraction of sp³-hybridized carbons (Fsp3) is 0.600. The van der Waals surface area contributed by atoms with Crippen molar-refractivity contribution >= 4 is 0 Å². The first-order valence-electron chi connectivity index (χ1n) is 7.09. The smallest absolute Gasteiger partial charge is 0.416 e. The molecule has 7 heteroatoms. The van der Waals surface area contributed by atoms with E-state index in [1.54, 1.807) is 6.92 Å². The van der Waals surface area contributed by atoms with E-state index in [0.717, 1.165) is 12.1 Å². The molecule has 0 amide bonds. The van der Waals surface area contributed by atoms with E-state index in [1.165, 1.54) is 6.07 Å². The molecule has 0 spiro atoms. The van der Waals surface area contributed by atoms with Crippen molar-refractivity contribution in [2.75, 3.05) is 27.2 Å². The van der Waals surface area contributed by atoms with E-state index in [-0.39, 0.29) is 17.9 Å². The quantitative estimate of drug-likeness (QED) is 0.810. The van der Waals surface area contributed by atoms with Crippen molar-refractivity contribution in [1.29, 1.82) is 0 Å². The Balaban J connectivity index is 3.06. The molecule has 0 bridgehead atoms. The van der Waals surface area contributed by atoms with Crippen LogP contribution in [0.4, 0.5) is 13.2 Å².